The Morgan fingerprint density at radius 3 is 2.96 bits per heavy atom. The largest absolute Gasteiger partial charge is 0.341 e. The van der Waals surface area contributed by atoms with Gasteiger partial charge in [0.25, 0.3) is 5.91 Å². The zero-order chi connectivity index (χ0) is 19.5. The molecule has 1 fully saturated rings. The SMILES string of the molecule is C#CC(=O)N1[C@@H](NCCCC)Cc2c([nH]c3ncccc23)[C@@H]1C1CCCCC1. The number of rotatable bonds is 5. The third-order valence-corrected chi connectivity index (χ3v) is 6.40. The first kappa shape index (κ1) is 19.0. The quantitative estimate of drug-likeness (QED) is 0.612. The maximum Gasteiger partial charge on any atom is 0.300 e. The molecule has 1 aliphatic heterocycles. The third-order valence-electron chi connectivity index (χ3n) is 6.40. The Kier molecular flexibility index (Phi) is 5.68. The van der Waals surface area contributed by atoms with Crippen molar-refractivity contribution in [2.75, 3.05) is 6.54 Å². The highest BCUT2D eigenvalue weighted by atomic mass is 16.2. The fourth-order valence-electron chi connectivity index (χ4n) is 5.06. The molecular formula is C23H30N4O. The predicted octanol–water partition coefficient (Wildman–Crippen LogP) is 3.92. The number of aromatic amines is 1. The zero-order valence-electron chi connectivity index (χ0n) is 16.7. The Hall–Kier alpha value is -2.32. The summed E-state index contributed by atoms with van der Waals surface area (Å²) in [6.45, 7) is 3.07. The van der Waals surface area contributed by atoms with E-state index in [1.54, 1.807) is 0 Å². The van der Waals surface area contributed by atoms with Gasteiger partial charge >= 0.3 is 0 Å². The highest BCUT2D eigenvalue weighted by molar-refractivity contribution is 5.94. The van der Waals surface area contributed by atoms with Gasteiger partial charge in [0.1, 0.15) is 5.65 Å². The molecule has 5 heteroatoms. The van der Waals surface area contributed by atoms with Gasteiger partial charge in [0, 0.05) is 23.7 Å². The van der Waals surface area contributed by atoms with E-state index in [9.17, 15) is 4.79 Å². The van der Waals surface area contributed by atoms with E-state index >= 15 is 0 Å². The summed E-state index contributed by atoms with van der Waals surface area (Å²) in [5.74, 6) is 2.64. The van der Waals surface area contributed by atoms with Gasteiger partial charge in [-0.05, 0) is 55.3 Å². The van der Waals surface area contributed by atoms with Crippen LogP contribution in [0.25, 0.3) is 11.0 Å². The van der Waals surface area contributed by atoms with E-state index in [1.165, 1.54) is 30.2 Å². The summed E-state index contributed by atoms with van der Waals surface area (Å²) < 4.78 is 0. The maximum absolute atomic E-state index is 12.9. The second kappa shape index (κ2) is 8.36. The fourth-order valence-corrected chi connectivity index (χ4v) is 5.06. The van der Waals surface area contributed by atoms with E-state index in [0.717, 1.165) is 50.0 Å². The van der Waals surface area contributed by atoms with Crippen molar-refractivity contribution in [2.45, 2.75) is 70.5 Å². The number of fused-ring (bicyclic) bond motifs is 3. The molecule has 0 bridgehead atoms. The second-order valence-corrected chi connectivity index (χ2v) is 8.14. The van der Waals surface area contributed by atoms with E-state index < -0.39 is 0 Å². The van der Waals surface area contributed by atoms with Crippen LogP contribution in [0.2, 0.25) is 0 Å². The number of carbonyl (C=O) groups excluding carboxylic acids is 1. The summed E-state index contributed by atoms with van der Waals surface area (Å²) in [4.78, 5) is 23.0. The van der Waals surface area contributed by atoms with Crippen molar-refractivity contribution in [3.8, 4) is 12.3 Å². The van der Waals surface area contributed by atoms with Gasteiger partial charge in [-0.25, -0.2) is 4.98 Å². The lowest BCUT2D eigenvalue weighted by Crippen LogP contribution is -2.55. The normalized spacial score (nSPS) is 22.8. The number of carbonyl (C=O) groups is 1. The molecule has 0 spiro atoms. The highest BCUT2D eigenvalue weighted by Crippen LogP contribution is 2.44. The van der Waals surface area contributed by atoms with Crippen molar-refractivity contribution in [1.29, 1.82) is 0 Å². The minimum Gasteiger partial charge on any atom is -0.341 e. The molecule has 28 heavy (non-hydrogen) atoms. The van der Waals surface area contributed by atoms with Crippen LogP contribution >= 0.6 is 0 Å². The molecule has 4 rings (SSSR count). The van der Waals surface area contributed by atoms with Gasteiger partial charge in [-0.2, -0.15) is 0 Å². The molecule has 2 N–H and O–H groups in total. The van der Waals surface area contributed by atoms with Crippen LogP contribution in [0.15, 0.2) is 18.3 Å². The Morgan fingerprint density at radius 1 is 1.39 bits per heavy atom. The van der Waals surface area contributed by atoms with E-state index in [2.05, 4.69) is 34.2 Å². The molecule has 5 nitrogen and oxygen atoms in total. The summed E-state index contributed by atoms with van der Waals surface area (Å²) >= 11 is 0. The molecule has 2 atom stereocenters. The number of amides is 1. The van der Waals surface area contributed by atoms with Crippen LogP contribution < -0.4 is 5.32 Å². The van der Waals surface area contributed by atoms with E-state index in [-0.39, 0.29) is 18.1 Å². The molecule has 2 aromatic rings. The smallest absolute Gasteiger partial charge is 0.300 e. The monoisotopic (exact) mass is 378 g/mol. The summed E-state index contributed by atoms with van der Waals surface area (Å²) in [6, 6.07) is 4.13. The second-order valence-electron chi connectivity index (χ2n) is 8.14. The Bertz CT molecular complexity index is 874. The number of H-pyrrole nitrogens is 1. The first-order valence-corrected chi connectivity index (χ1v) is 10.7. The van der Waals surface area contributed by atoms with Crippen molar-refractivity contribution in [1.82, 2.24) is 20.2 Å². The van der Waals surface area contributed by atoms with Gasteiger partial charge in [-0.1, -0.05) is 32.6 Å². The molecule has 3 heterocycles. The summed E-state index contributed by atoms with van der Waals surface area (Å²) in [5, 5.41) is 4.80. The van der Waals surface area contributed by atoms with Crippen LogP contribution in [0, 0.1) is 18.3 Å². The van der Waals surface area contributed by atoms with Crippen molar-refractivity contribution >= 4 is 16.9 Å². The summed E-state index contributed by atoms with van der Waals surface area (Å²) in [6.07, 6.45) is 16.4. The molecule has 148 valence electrons. The lowest BCUT2D eigenvalue weighted by Gasteiger charge is -2.45. The molecule has 1 saturated carbocycles. The fraction of sp³-hybridized carbons (Fsp3) is 0.565. The predicted molar refractivity (Wildman–Crippen MR) is 111 cm³/mol. The van der Waals surface area contributed by atoms with Gasteiger partial charge in [0.05, 0.1) is 12.2 Å². The highest BCUT2D eigenvalue weighted by Gasteiger charge is 2.43. The molecule has 2 aliphatic rings. The van der Waals surface area contributed by atoms with E-state index in [0.29, 0.717) is 5.92 Å². The van der Waals surface area contributed by atoms with Crippen LogP contribution in [0.5, 0.6) is 0 Å². The Balaban J connectivity index is 1.80. The van der Waals surface area contributed by atoms with E-state index in [4.69, 9.17) is 6.42 Å². The summed E-state index contributed by atoms with van der Waals surface area (Å²) in [7, 11) is 0. The lowest BCUT2D eigenvalue weighted by molar-refractivity contribution is -0.134. The number of pyridine rings is 1. The van der Waals surface area contributed by atoms with Crippen molar-refractivity contribution in [3.63, 3.8) is 0 Å². The lowest BCUT2D eigenvalue weighted by atomic mass is 9.78. The molecule has 0 unspecified atom stereocenters. The summed E-state index contributed by atoms with van der Waals surface area (Å²) in [5.41, 5.74) is 3.36. The number of unbranched alkanes of at least 4 members (excludes halogenated alkanes) is 1. The van der Waals surface area contributed by atoms with Crippen molar-refractivity contribution in [2.24, 2.45) is 5.92 Å². The van der Waals surface area contributed by atoms with Crippen LogP contribution in [-0.4, -0.2) is 33.5 Å². The number of aromatic nitrogens is 2. The van der Waals surface area contributed by atoms with Gasteiger partial charge in [0.2, 0.25) is 0 Å². The minimum absolute atomic E-state index is 0.000858. The Labute approximate surface area is 167 Å². The van der Waals surface area contributed by atoms with Crippen molar-refractivity contribution < 1.29 is 4.79 Å². The number of nitrogens with one attached hydrogen (secondary N) is 2. The average molecular weight is 379 g/mol. The number of nitrogens with zero attached hydrogens (tertiary/aromatic N) is 2. The maximum atomic E-state index is 12.9. The molecular weight excluding hydrogens is 348 g/mol. The van der Waals surface area contributed by atoms with Crippen LogP contribution in [0.3, 0.4) is 0 Å². The first-order valence-electron chi connectivity index (χ1n) is 10.7. The van der Waals surface area contributed by atoms with Crippen molar-refractivity contribution in [3.05, 3.63) is 29.6 Å². The number of hydrogen-bond donors (Lipinski definition) is 2. The molecule has 0 radical (unpaired) electrons. The number of hydrogen-bond acceptors (Lipinski definition) is 3. The van der Waals surface area contributed by atoms with Gasteiger partial charge in [-0.15, -0.1) is 6.42 Å². The molecule has 2 aromatic heterocycles. The Morgan fingerprint density at radius 2 is 2.21 bits per heavy atom. The van der Waals surface area contributed by atoms with Gasteiger partial charge < -0.3 is 9.88 Å². The average Bonchev–Trinajstić information content (AvgIpc) is 3.11. The minimum atomic E-state index is -0.207. The first-order chi connectivity index (χ1) is 13.7. The zero-order valence-corrected chi connectivity index (χ0v) is 16.7. The number of terminal acetylenes is 1. The molecule has 0 aromatic carbocycles. The molecule has 1 aliphatic carbocycles. The van der Waals surface area contributed by atoms with Gasteiger partial charge in [-0.3, -0.25) is 10.1 Å². The topological polar surface area (TPSA) is 61.0 Å². The van der Waals surface area contributed by atoms with Gasteiger partial charge in [0.15, 0.2) is 0 Å². The molecule has 1 amide bonds. The van der Waals surface area contributed by atoms with E-state index in [1.807, 2.05) is 17.2 Å². The van der Waals surface area contributed by atoms with Crippen LogP contribution in [-0.2, 0) is 11.2 Å². The third kappa shape index (κ3) is 3.42. The van der Waals surface area contributed by atoms with Crippen LogP contribution in [0.4, 0.5) is 0 Å². The van der Waals surface area contributed by atoms with Crippen LogP contribution in [0.1, 0.15) is 69.2 Å². The standard InChI is InChI=1S/C23H30N4O/c1-3-5-13-24-19-15-18-17-12-9-14-25-23(17)26-21(18)22(27(19)20(28)4-2)16-10-7-6-8-11-16/h2,9,12,14,16,19,22,24H,3,5-8,10-11,13,15H2,1H3,(H,25,26)/t19-,22+/m1/s1. The molecule has 0 saturated heterocycles.